The normalized spacial score (nSPS) is 35.6. The van der Waals surface area contributed by atoms with Gasteiger partial charge in [-0.25, -0.2) is 0 Å². The topological polar surface area (TPSA) is 38.7 Å². The van der Waals surface area contributed by atoms with E-state index < -0.39 is 0 Å². The molecule has 0 amide bonds. The van der Waals surface area contributed by atoms with Crippen LogP contribution in [0.25, 0.3) is 0 Å². The smallest absolute Gasteiger partial charge is 0.0634 e. The number of aliphatic hydroxyl groups excluding tert-OH is 1. The van der Waals surface area contributed by atoms with Crippen molar-refractivity contribution in [3.8, 4) is 0 Å². The Morgan fingerprint density at radius 3 is 2.59 bits per heavy atom. The Morgan fingerprint density at radius 2 is 1.88 bits per heavy atom. The highest BCUT2D eigenvalue weighted by atomic mass is 16.5. The van der Waals surface area contributed by atoms with Crippen LogP contribution in [0.5, 0.6) is 0 Å². The summed E-state index contributed by atoms with van der Waals surface area (Å²) in [4.78, 5) is 0. The molecule has 100 valence electrons. The van der Waals surface area contributed by atoms with Crippen molar-refractivity contribution in [2.24, 2.45) is 11.8 Å². The van der Waals surface area contributed by atoms with Gasteiger partial charge in [-0.15, -0.1) is 0 Å². The molecule has 2 saturated heterocycles. The van der Waals surface area contributed by atoms with Crippen LogP contribution in [-0.2, 0) is 9.47 Å². The quantitative estimate of drug-likeness (QED) is 0.664. The second-order valence-electron chi connectivity index (χ2n) is 5.44. The first-order valence-corrected chi connectivity index (χ1v) is 7.21. The fourth-order valence-corrected chi connectivity index (χ4v) is 3.20. The van der Waals surface area contributed by atoms with E-state index in [2.05, 4.69) is 6.92 Å². The van der Waals surface area contributed by atoms with Gasteiger partial charge in [0, 0.05) is 25.0 Å². The second kappa shape index (κ2) is 6.72. The van der Waals surface area contributed by atoms with Gasteiger partial charge in [0.1, 0.15) is 0 Å². The Hall–Kier alpha value is -0.120. The SMILES string of the molecule is CCCCCCOC[C@@H]1[C@H](CO)[C@@H]2CC[C@H]1O2. The van der Waals surface area contributed by atoms with E-state index in [0.717, 1.165) is 26.1 Å². The van der Waals surface area contributed by atoms with Gasteiger partial charge in [-0.3, -0.25) is 0 Å². The van der Waals surface area contributed by atoms with Gasteiger partial charge in [0.2, 0.25) is 0 Å². The van der Waals surface area contributed by atoms with Crippen LogP contribution in [0, 0.1) is 11.8 Å². The fraction of sp³-hybridized carbons (Fsp3) is 1.00. The molecule has 2 rings (SSSR count). The number of unbranched alkanes of at least 4 members (excludes halogenated alkanes) is 3. The van der Waals surface area contributed by atoms with Crippen LogP contribution in [0.2, 0.25) is 0 Å². The summed E-state index contributed by atoms with van der Waals surface area (Å²) in [5.74, 6) is 0.759. The standard InChI is InChI=1S/C14H26O3/c1-2-3-4-5-8-16-10-12-11(9-15)13-6-7-14(12)17-13/h11-15H,2-10H2,1H3/t11-,12+,13-,14+/m0/s1. The molecular formula is C14H26O3. The number of fused-ring (bicyclic) bond motifs is 2. The highest BCUT2D eigenvalue weighted by Crippen LogP contribution is 2.43. The molecule has 0 spiro atoms. The molecule has 0 aromatic rings. The molecule has 0 aromatic carbocycles. The summed E-state index contributed by atoms with van der Waals surface area (Å²) in [6.07, 6.45) is 7.96. The molecule has 0 aliphatic carbocycles. The lowest BCUT2D eigenvalue weighted by molar-refractivity contribution is 0.0434. The van der Waals surface area contributed by atoms with Crippen molar-refractivity contribution in [1.82, 2.24) is 0 Å². The lowest BCUT2D eigenvalue weighted by Crippen LogP contribution is -2.33. The Morgan fingerprint density at radius 1 is 1.12 bits per heavy atom. The van der Waals surface area contributed by atoms with Crippen LogP contribution in [-0.4, -0.2) is 37.1 Å². The maximum Gasteiger partial charge on any atom is 0.0634 e. The number of rotatable bonds is 8. The highest BCUT2D eigenvalue weighted by Gasteiger charge is 2.48. The summed E-state index contributed by atoms with van der Waals surface area (Å²) in [6.45, 7) is 4.12. The zero-order chi connectivity index (χ0) is 12.1. The van der Waals surface area contributed by atoms with Crippen molar-refractivity contribution in [3.63, 3.8) is 0 Å². The van der Waals surface area contributed by atoms with Crippen LogP contribution in [0.3, 0.4) is 0 Å². The molecule has 4 atom stereocenters. The van der Waals surface area contributed by atoms with Gasteiger partial charge in [-0.2, -0.15) is 0 Å². The molecule has 0 radical (unpaired) electrons. The predicted octanol–water partition coefficient (Wildman–Crippen LogP) is 2.37. The molecule has 2 fully saturated rings. The molecular weight excluding hydrogens is 216 g/mol. The van der Waals surface area contributed by atoms with Crippen molar-refractivity contribution in [2.75, 3.05) is 19.8 Å². The minimum absolute atomic E-state index is 0.255. The van der Waals surface area contributed by atoms with Crippen molar-refractivity contribution in [1.29, 1.82) is 0 Å². The first-order chi connectivity index (χ1) is 8.36. The largest absolute Gasteiger partial charge is 0.396 e. The number of hydrogen-bond donors (Lipinski definition) is 1. The Bertz CT molecular complexity index is 220. The summed E-state index contributed by atoms with van der Waals surface area (Å²) < 4.78 is 11.6. The van der Waals surface area contributed by atoms with Gasteiger partial charge in [-0.1, -0.05) is 26.2 Å². The molecule has 17 heavy (non-hydrogen) atoms. The Labute approximate surface area is 104 Å². The van der Waals surface area contributed by atoms with E-state index in [-0.39, 0.29) is 6.61 Å². The molecule has 3 heteroatoms. The van der Waals surface area contributed by atoms with Gasteiger partial charge < -0.3 is 14.6 Å². The number of aliphatic hydroxyl groups is 1. The van der Waals surface area contributed by atoms with Crippen molar-refractivity contribution < 1.29 is 14.6 Å². The molecule has 3 nitrogen and oxygen atoms in total. The molecule has 2 heterocycles. The van der Waals surface area contributed by atoms with Gasteiger partial charge in [0.05, 0.1) is 18.8 Å². The number of ether oxygens (including phenoxy) is 2. The average molecular weight is 242 g/mol. The minimum Gasteiger partial charge on any atom is -0.396 e. The summed E-state index contributed by atoms with van der Waals surface area (Å²) in [6, 6.07) is 0. The van der Waals surface area contributed by atoms with E-state index >= 15 is 0 Å². The molecule has 0 unspecified atom stereocenters. The monoisotopic (exact) mass is 242 g/mol. The molecule has 2 bridgehead atoms. The zero-order valence-corrected chi connectivity index (χ0v) is 10.9. The molecule has 1 N–H and O–H groups in total. The summed E-state index contributed by atoms with van der Waals surface area (Å²) >= 11 is 0. The van der Waals surface area contributed by atoms with Gasteiger partial charge >= 0.3 is 0 Å². The summed E-state index contributed by atoms with van der Waals surface area (Å²) in [5.41, 5.74) is 0. The lowest BCUT2D eigenvalue weighted by atomic mass is 9.80. The maximum absolute atomic E-state index is 9.40. The first-order valence-electron chi connectivity index (χ1n) is 7.21. The summed E-state index contributed by atoms with van der Waals surface area (Å²) in [7, 11) is 0. The lowest BCUT2D eigenvalue weighted by Gasteiger charge is -2.26. The second-order valence-corrected chi connectivity index (χ2v) is 5.44. The molecule has 0 aromatic heterocycles. The third-order valence-electron chi connectivity index (χ3n) is 4.25. The average Bonchev–Trinajstić information content (AvgIpc) is 2.93. The van der Waals surface area contributed by atoms with E-state index in [1.807, 2.05) is 0 Å². The third kappa shape index (κ3) is 3.21. The Kier molecular flexibility index (Phi) is 5.26. The van der Waals surface area contributed by atoms with Crippen LogP contribution < -0.4 is 0 Å². The first kappa shape index (κ1) is 13.3. The van der Waals surface area contributed by atoms with Crippen molar-refractivity contribution in [2.45, 2.75) is 57.7 Å². The van der Waals surface area contributed by atoms with Crippen LogP contribution in [0.15, 0.2) is 0 Å². The zero-order valence-electron chi connectivity index (χ0n) is 10.9. The van der Waals surface area contributed by atoms with E-state index in [0.29, 0.717) is 24.0 Å². The van der Waals surface area contributed by atoms with Crippen molar-refractivity contribution >= 4 is 0 Å². The van der Waals surface area contributed by atoms with Gasteiger partial charge in [0.15, 0.2) is 0 Å². The number of hydrogen-bond acceptors (Lipinski definition) is 3. The molecule has 2 aliphatic heterocycles. The highest BCUT2D eigenvalue weighted by molar-refractivity contribution is 4.95. The van der Waals surface area contributed by atoms with Gasteiger partial charge in [-0.05, 0) is 19.3 Å². The predicted molar refractivity (Wildman–Crippen MR) is 66.9 cm³/mol. The van der Waals surface area contributed by atoms with E-state index in [1.54, 1.807) is 0 Å². The fourth-order valence-electron chi connectivity index (χ4n) is 3.20. The van der Waals surface area contributed by atoms with Crippen LogP contribution in [0.4, 0.5) is 0 Å². The Balaban J connectivity index is 1.62. The van der Waals surface area contributed by atoms with Crippen LogP contribution in [0.1, 0.15) is 45.4 Å². The minimum atomic E-state index is 0.255. The van der Waals surface area contributed by atoms with E-state index in [9.17, 15) is 5.11 Å². The maximum atomic E-state index is 9.40. The molecule has 0 saturated carbocycles. The van der Waals surface area contributed by atoms with E-state index in [4.69, 9.17) is 9.47 Å². The van der Waals surface area contributed by atoms with Crippen LogP contribution >= 0.6 is 0 Å². The van der Waals surface area contributed by atoms with Gasteiger partial charge in [0.25, 0.3) is 0 Å². The van der Waals surface area contributed by atoms with E-state index in [1.165, 1.54) is 25.7 Å². The molecule has 2 aliphatic rings. The third-order valence-corrected chi connectivity index (χ3v) is 4.25. The summed E-state index contributed by atoms with van der Waals surface area (Å²) in [5, 5.41) is 9.40. The van der Waals surface area contributed by atoms with Crippen molar-refractivity contribution in [3.05, 3.63) is 0 Å².